The molecular formula is C103H133Cl4N17O12. The van der Waals surface area contributed by atoms with Gasteiger partial charge in [-0.15, -0.1) is 0 Å². The summed E-state index contributed by atoms with van der Waals surface area (Å²) >= 11 is 25.7. The van der Waals surface area contributed by atoms with Gasteiger partial charge in [0.2, 0.25) is 70.9 Å². The Hall–Kier alpha value is -11.6. The molecule has 7 atom stereocenters. The molecule has 0 spiro atoms. The Kier molecular flexibility index (Phi) is 45.8. The fourth-order valence-electron chi connectivity index (χ4n) is 16.1. The molecule has 0 saturated carbocycles. The first kappa shape index (κ1) is 110. The van der Waals surface area contributed by atoms with E-state index in [1.807, 2.05) is 24.3 Å². The van der Waals surface area contributed by atoms with Crippen molar-refractivity contribution >= 4 is 117 Å². The van der Waals surface area contributed by atoms with Gasteiger partial charge < -0.3 is 87.9 Å². The second-order valence-electron chi connectivity index (χ2n) is 34.1. The smallest absolute Gasteiger partial charge is 0.243 e. The molecule has 0 aliphatic heterocycles. The molecule has 11 N–H and O–H groups in total. The average molecular weight is 1940 g/mol. The lowest BCUT2D eigenvalue weighted by Gasteiger charge is -2.38. The van der Waals surface area contributed by atoms with Crippen LogP contribution in [0.3, 0.4) is 0 Å². The maximum absolute atomic E-state index is 16.1. The fraction of sp³-hybridized carbons (Fsp3) is 0.417. The Morgan fingerprint density at radius 1 is 0.250 bits per heavy atom. The molecular weight excluding hydrogens is 1810 g/mol. The largest absolute Gasteiger partial charge is 0.368 e. The van der Waals surface area contributed by atoms with Crippen LogP contribution in [0.1, 0.15) is 187 Å². The molecule has 29 nitrogen and oxygen atoms in total. The van der Waals surface area contributed by atoms with E-state index in [4.69, 9.17) is 75.1 Å². The summed E-state index contributed by atoms with van der Waals surface area (Å²) in [5.74, 6) is -7.83. The Labute approximate surface area is 820 Å². The van der Waals surface area contributed by atoms with Gasteiger partial charge in [-0.2, -0.15) is 0 Å². The second kappa shape index (κ2) is 56.8. The van der Waals surface area contributed by atoms with Crippen molar-refractivity contribution in [1.29, 1.82) is 0 Å². The summed E-state index contributed by atoms with van der Waals surface area (Å²) in [4.78, 5) is 198. The van der Waals surface area contributed by atoms with E-state index < -0.39 is 179 Å². The maximum atomic E-state index is 16.1. The first-order chi connectivity index (χ1) is 65.2. The van der Waals surface area contributed by atoms with Crippen LogP contribution in [0, 0.1) is 0 Å². The first-order valence-corrected chi connectivity index (χ1v) is 47.9. The molecule has 0 aliphatic rings. The number of benzene rings is 8. The number of hydrogen-bond acceptors (Lipinski definition) is 17. The van der Waals surface area contributed by atoms with Gasteiger partial charge in [0.1, 0.15) is 45.8 Å². The van der Waals surface area contributed by atoms with E-state index in [9.17, 15) is 14.4 Å². The Balaban J connectivity index is 1.13. The lowest BCUT2D eigenvalue weighted by Crippen LogP contribution is -2.53. The van der Waals surface area contributed by atoms with Crippen molar-refractivity contribution in [1.82, 2.24) is 59.2 Å². The van der Waals surface area contributed by atoms with Gasteiger partial charge in [0.15, 0.2) is 0 Å². The lowest BCUT2D eigenvalue weighted by molar-refractivity contribution is -0.152. The summed E-state index contributed by atoms with van der Waals surface area (Å²) in [6.07, 6.45) is 3.67. The summed E-state index contributed by atoms with van der Waals surface area (Å²) in [7, 11) is 0. The number of nitrogens with zero attached hydrogens (tertiary/aromatic N) is 11. The monoisotopic (exact) mass is 1940 g/mol. The number of hydrogen-bond donors (Lipinski definition) is 6. The number of carbonyl (C=O) groups excluding carboxylic acids is 12. The summed E-state index contributed by atoms with van der Waals surface area (Å²) in [5, 5.41) is 4.85. The van der Waals surface area contributed by atoms with E-state index in [-0.39, 0.29) is 64.7 Å². The van der Waals surface area contributed by atoms with Crippen molar-refractivity contribution in [3.63, 3.8) is 0 Å². The van der Waals surface area contributed by atoms with Crippen LogP contribution >= 0.6 is 46.4 Å². The van der Waals surface area contributed by atoms with E-state index in [0.29, 0.717) is 110 Å². The normalized spacial score (nSPS) is 12.7. The Morgan fingerprint density at radius 2 is 0.463 bits per heavy atom. The number of nitrogens with two attached hydrogens (primary N) is 5. The SMILES string of the molecule is C[C@H](c1ccccc1)N(CC(N)=O)C(=O)CN(C(=O)CN(CCCCN)C(=O)CN(C(=O)CN(C(=O)CN(CCCCN)C(=O)CN(C(=O)CN(C(=O)CN(CCCCN)C(=O)CN(Cc1ccccc1)C(=O)CN(C(=O)CNCCCCN)[C@H](C)c1ccc(Cl)cc1)[C@H](C)c1ccc(Cl)cc1)[C@H](C)c1ccccc1)[C@H](C)c1ccc(Cl)cc1)[C@H](C)c1ccccc1)[C@H](C)c1ccc(Cl)cc1. The van der Waals surface area contributed by atoms with Crippen molar-refractivity contribution in [2.75, 3.05) is 131 Å². The van der Waals surface area contributed by atoms with Crippen LogP contribution in [0.2, 0.25) is 20.1 Å². The molecule has 0 heterocycles. The molecule has 8 rings (SSSR count). The maximum Gasteiger partial charge on any atom is 0.243 e. The van der Waals surface area contributed by atoms with Gasteiger partial charge in [0, 0.05) is 46.3 Å². The fourth-order valence-corrected chi connectivity index (χ4v) is 16.6. The molecule has 12 amide bonds. The van der Waals surface area contributed by atoms with E-state index in [0.717, 1.165) is 12.8 Å². The molecule has 0 aliphatic carbocycles. The van der Waals surface area contributed by atoms with E-state index in [1.54, 1.807) is 243 Å². The Morgan fingerprint density at radius 3 is 0.735 bits per heavy atom. The minimum atomic E-state index is -0.937. The van der Waals surface area contributed by atoms with E-state index in [2.05, 4.69) is 5.32 Å². The third kappa shape index (κ3) is 34.0. The van der Waals surface area contributed by atoms with E-state index >= 15 is 43.2 Å². The van der Waals surface area contributed by atoms with Crippen LogP contribution in [0.4, 0.5) is 0 Å². The van der Waals surface area contributed by atoms with Crippen molar-refractivity contribution in [2.24, 2.45) is 28.7 Å². The number of rotatable bonds is 56. The highest BCUT2D eigenvalue weighted by molar-refractivity contribution is 6.31. The zero-order valence-electron chi connectivity index (χ0n) is 79.0. The topological polar surface area (TPSA) is 383 Å². The van der Waals surface area contributed by atoms with Gasteiger partial charge in [-0.05, 0) is 226 Å². The molecule has 730 valence electrons. The second-order valence-corrected chi connectivity index (χ2v) is 35.9. The first-order valence-electron chi connectivity index (χ1n) is 46.4. The molecule has 0 radical (unpaired) electrons. The number of halogens is 4. The minimum Gasteiger partial charge on any atom is -0.368 e. The van der Waals surface area contributed by atoms with Crippen molar-refractivity contribution in [2.45, 2.75) is 149 Å². The molecule has 136 heavy (non-hydrogen) atoms. The molecule has 0 fully saturated rings. The molecule has 0 saturated heterocycles. The number of primary amides is 1. The number of unbranched alkanes of at least 4 members (excludes halogenated alkanes) is 4. The lowest BCUT2D eigenvalue weighted by atomic mass is 10.0. The van der Waals surface area contributed by atoms with Gasteiger partial charge in [0.25, 0.3) is 0 Å². The van der Waals surface area contributed by atoms with Gasteiger partial charge in [-0.3, -0.25) is 57.5 Å². The molecule has 0 unspecified atom stereocenters. The van der Waals surface area contributed by atoms with Crippen LogP contribution in [0.15, 0.2) is 218 Å². The standard InChI is InChI=1S/C103H133Cl4N17O12/c1-73(81-30-14-9-15-31-81)118(62-92(112)125)101(134)70-122(77(5)85-38-46-89(105)47-39-85)99(132)65-115(58-26-22-54-110)95(128)67-121(75(3)83-34-18-11-19-35-83)103(136)72-124(79(7)87-42-50-91(107)51-43-87)100(133)66-116(59-27-23-55-111)96(129)68-120(74(2)82-32-16-10-17-33-82)102(135)71-123(78(6)86-40-48-90(106)49-41-86)98(131)64-114(57-25-21-53-109)94(127)63-117(61-80-28-12-8-13-29-80)97(130)69-119(93(126)60-113-56-24-20-52-108)76(4)84-36-44-88(104)45-37-84/h8-19,28-51,73-79,113H,20-27,52-72,108-111H2,1-7H3,(H2,112,125)/t73-,74-,75-,76-,77-,78-,79-/m1/s1. The van der Waals surface area contributed by atoms with Gasteiger partial charge in [-0.25, -0.2) is 0 Å². The number of carbonyl (C=O) groups is 12. The summed E-state index contributed by atoms with van der Waals surface area (Å²) in [5.41, 5.74) is 34.8. The predicted molar refractivity (Wildman–Crippen MR) is 533 cm³/mol. The third-order valence-electron chi connectivity index (χ3n) is 24.6. The van der Waals surface area contributed by atoms with Crippen LogP contribution in [0.5, 0.6) is 0 Å². The summed E-state index contributed by atoms with van der Waals surface area (Å²) < 4.78 is 0. The van der Waals surface area contributed by atoms with E-state index in [1.165, 1.54) is 53.9 Å². The highest BCUT2D eigenvalue weighted by atomic mass is 35.5. The minimum absolute atomic E-state index is 0.00504. The predicted octanol–water partition coefficient (Wildman–Crippen LogP) is 12.3. The quantitative estimate of drug-likeness (QED) is 0.0193. The van der Waals surface area contributed by atoms with Gasteiger partial charge in [0.05, 0.1) is 75.0 Å². The van der Waals surface area contributed by atoms with Crippen molar-refractivity contribution in [3.8, 4) is 0 Å². The molecule has 8 aromatic carbocycles. The zero-order valence-corrected chi connectivity index (χ0v) is 82.1. The van der Waals surface area contributed by atoms with Crippen LogP contribution in [0.25, 0.3) is 0 Å². The summed E-state index contributed by atoms with van der Waals surface area (Å²) in [6.45, 7) is 7.05. The van der Waals surface area contributed by atoms with Crippen molar-refractivity contribution in [3.05, 3.63) is 283 Å². The molecule has 0 bridgehead atoms. The molecule has 0 aromatic heterocycles. The third-order valence-corrected chi connectivity index (χ3v) is 25.6. The summed E-state index contributed by atoms with van der Waals surface area (Å²) in [6, 6.07) is 57.2. The van der Waals surface area contributed by atoms with Crippen LogP contribution in [-0.4, -0.2) is 256 Å². The number of amides is 12. The highest BCUT2D eigenvalue weighted by Crippen LogP contribution is 2.32. The highest BCUT2D eigenvalue weighted by Gasteiger charge is 2.39. The molecule has 8 aromatic rings. The van der Waals surface area contributed by atoms with Crippen LogP contribution in [-0.2, 0) is 64.1 Å². The zero-order chi connectivity index (χ0) is 98.9. The van der Waals surface area contributed by atoms with Gasteiger partial charge in [-0.1, -0.05) is 216 Å². The Bertz CT molecular complexity index is 5150. The number of nitrogens with one attached hydrogen (secondary N) is 1. The average Bonchev–Trinajstić information content (AvgIpc) is 1.01. The molecule has 33 heteroatoms. The van der Waals surface area contributed by atoms with Crippen LogP contribution < -0.4 is 34.0 Å². The van der Waals surface area contributed by atoms with Crippen molar-refractivity contribution < 1.29 is 57.5 Å². The van der Waals surface area contributed by atoms with Gasteiger partial charge >= 0.3 is 0 Å².